The molecule has 2 N–H and O–H groups in total. The molecule has 2 amide bonds. The standard InChI is InChI=1S/C28H20F4N2O2S/c1-16-10-12-18(13-11-16)27(35)33-19-8-5-9-20(14-19)37-26(17-6-3-2-4-7-17)28(36)34-25-23(31)21(29)15-22(30)24(25)32/h2-15,26H,1H3,(H,33,35)(H,34,36). The predicted molar refractivity (Wildman–Crippen MR) is 136 cm³/mol. The summed E-state index contributed by atoms with van der Waals surface area (Å²) in [5, 5.41) is 3.74. The van der Waals surface area contributed by atoms with E-state index in [1.807, 2.05) is 24.4 Å². The highest BCUT2D eigenvalue weighted by Gasteiger charge is 2.27. The zero-order valence-corrected chi connectivity index (χ0v) is 20.2. The average molecular weight is 525 g/mol. The summed E-state index contributed by atoms with van der Waals surface area (Å²) < 4.78 is 55.7. The Bertz CT molecular complexity index is 1420. The van der Waals surface area contributed by atoms with Crippen molar-refractivity contribution in [2.45, 2.75) is 17.1 Å². The van der Waals surface area contributed by atoms with Gasteiger partial charge in [0.15, 0.2) is 23.3 Å². The van der Waals surface area contributed by atoms with E-state index < -0.39 is 40.1 Å². The quantitative estimate of drug-likeness (QED) is 0.152. The first kappa shape index (κ1) is 26.0. The van der Waals surface area contributed by atoms with Gasteiger partial charge in [0, 0.05) is 22.2 Å². The van der Waals surface area contributed by atoms with Gasteiger partial charge in [-0.3, -0.25) is 9.59 Å². The van der Waals surface area contributed by atoms with Crippen LogP contribution in [0.4, 0.5) is 28.9 Å². The first-order chi connectivity index (χ1) is 17.7. The molecule has 1 atom stereocenters. The van der Waals surface area contributed by atoms with Crippen LogP contribution in [-0.4, -0.2) is 11.8 Å². The van der Waals surface area contributed by atoms with Crippen LogP contribution in [0.2, 0.25) is 0 Å². The van der Waals surface area contributed by atoms with Crippen molar-refractivity contribution < 1.29 is 27.2 Å². The summed E-state index contributed by atoms with van der Waals surface area (Å²) in [7, 11) is 0. The Morgan fingerprint density at radius 2 is 1.41 bits per heavy atom. The van der Waals surface area contributed by atoms with Crippen LogP contribution in [0.3, 0.4) is 0 Å². The van der Waals surface area contributed by atoms with Crippen molar-refractivity contribution in [1.82, 2.24) is 0 Å². The van der Waals surface area contributed by atoms with Crippen LogP contribution in [0, 0.1) is 30.2 Å². The first-order valence-corrected chi connectivity index (χ1v) is 11.9. The third-order valence-corrected chi connectivity index (χ3v) is 6.61. The fraction of sp³-hybridized carbons (Fsp3) is 0.0714. The summed E-state index contributed by atoms with van der Waals surface area (Å²) in [5.74, 6) is -7.88. The van der Waals surface area contributed by atoms with E-state index in [4.69, 9.17) is 0 Å². The number of carbonyl (C=O) groups is 2. The summed E-state index contributed by atoms with van der Waals surface area (Å²) in [6.45, 7) is 1.91. The third kappa shape index (κ3) is 6.18. The minimum atomic E-state index is -1.70. The Hall–Kier alpha value is -4.11. The lowest BCUT2D eigenvalue weighted by atomic mass is 10.1. The molecule has 0 saturated heterocycles. The van der Waals surface area contributed by atoms with E-state index in [2.05, 4.69) is 5.32 Å². The molecule has 0 fully saturated rings. The second-order valence-corrected chi connectivity index (χ2v) is 9.27. The van der Waals surface area contributed by atoms with E-state index in [1.54, 1.807) is 66.7 Å². The SMILES string of the molecule is Cc1ccc(C(=O)Nc2cccc(SC(C(=O)Nc3c(F)c(F)cc(F)c3F)c3ccccc3)c2)cc1. The highest BCUT2D eigenvalue weighted by atomic mass is 32.2. The van der Waals surface area contributed by atoms with Crippen molar-refractivity contribution in [1.29, 1.82) is 0 Å². The van der Waals surface area contributed by atoms with E-state index in [-0.39, 0.29) is 12.0 Å². The second kappa shape index (κ2) is 11.3. The number of hydrogen-bond donors (Lipinski definition) is 2. The van der Waals surface area contributed by atoms with Crippen LogP contribution in [0.25, 0.3) is 0 Å². The molecule has 0 aliphatic rings. The molecule has 0 spiro atoms. The molecule has 0 aromatic heterocycles. The summed E-state index contributed by atoms with van der Waals surface area (Å²) in [4.78, 5) is 26.3. The fourth-order valence-corrected chi connectivity index (χ4v) is 4.55. The van der Waals surface area contributed by atoms with E-state index in [0.717, 1.165) is 17.3 Å². The third-order valence-electron chi connectivity index (χ3n) is 5.36. The van der Waals surface area contributed by atoms with Crippen LogP contribution in [-0.2, 0) is 4.79 Å². The summed E-state index contributed by atoms with van der Waals surface area (Å²) in [5.41, 5.74) is 1.23. The number of anilines is 2. The summed E-state index contributed by atoms with van der Waals surface area (Å²) in [6, 6.07) is 22.2. The molecule has 37 heavy (non-hydrogen) atoms. The maximum Gasteiger partial charge on any atom is 0.255 e. The number of amides is 2. The molecule has 0 aliphatic heterocycles. The van der Waals surface area contributed by atoms with Crippen molar-refractivity contribution in [3.63, 3.8) is 0 Å². The van der Waals surface area contributed by atoms with Crippen LogP contribution in [0.5, 0.6) is 0 Å². The molecule has 4 nitrogen and oxygen atoms in total. The normalized spacial score (nSPS) is 11.6. The maximum atomic E-state index is 14.2. The number of hydrogen-bond acceptors (Lipinski definition) is 3. The lowest BCUT2D eigenvalue weighted by Crippen LogP contribution is -2.21. The number of rotatable bonds is 7. The van der Waals surface area contributed by atoms with Gasteiger partial charge >= 0.3 is 0 Å². The number of halogens is 4. The smallest absolute Gasteiger partial charge is 0.255 e. The molecule has 4 aromatic carbocycles. The molecule has 4 aromatic rings. The van der Waals surface area contributed by atoms with Gasteiger partial charge in [-0.2, -0.15) is 0 Å². The molecule has 0 bridgehead atoms. The number of nitrogens with one attached hydrogen (secondary N) is 2. The molecule has 4 rings (SSSR count). The minimum absolute atomic E-state index is 0.0696. The fourth-order valence-electron chi connectivity index (χ4n) is 3.46. The zero-order valence-electron chi connectivity index (χ0n) is 19.4. The van der Waals surface area contributed by atoms with Crippen LogP contribution >= 0.6 is 11.8 Å². The minimum Gasteiger partial charge on any atom is -0.322 e. The number of carbonyl (C=O) groups excluding carboxylic acids is 2. The maximum absolute atomic E-state index is 14.2. The Morgan fingerprint density at radius 1 is 0.757 bits per heavy atom. The van der Waals surface area contributed by atoms with Crippen molar-refractivity contribution >= 4 is 35.0 Å². The summed E-state index contributed by atoms with van der Waals surface area (Å²) in [6.07, 6.45) is 0. The van der Waals surface area contributed by atoms with Gasteiger partial charge in [-0.25, -0.2) is 17.6 Å². The monoisotopic (exact) mass is 524 g/mol. The van der Waals surface area contributed by atoms with Gasteiger partial charge in [-0.05, 0) is 42.8 Å². The molecule has 0 heterocycles. The van der Waals surface area contributed by atoms with Crippen LogP contribution in [0.1, 0.15) is 26.7 Å². The Balaban J connectivity index is 1.59. The van der Waals surface area contributed by atoms with Crippen LogP contribution in [0.15, 0.2) is 89.8 Å². The highest BCUT2D eigenvalue weighted by molar-refractivity contribution is 8.00. The number of benzene rings is 4. The van der Waals surface area contributed by atoms with Gasteiger partial charge in [0.1, 0.15) is 10.9 Å². The molecular formula is C28H20F4N2O2S. The van der Waals surface area contributed by atoms with Gasteiger partial charge in [0.05, 0.1) is 0 Å². The van der Waals surface area contributed by atoms with Gasteiger partial charge in [-0.1, -0.05) is 54.1 Å². The van der Waals surface area contributed by atoms with Crippen LogP contribution < -0.4 is 10.6 Å². The molecule has 0 saturated carbocycles. The molecule has 1 unspecified atom stereocenters. The van der Waals surface area contributed by atoms with E-state index >= 15 is 0 Å². The lowest BCUT2D eigenvalue weighted by molar-refractivity contribution is -0.115. The van der Waals surface area contributed by atoms with Crippen molar-refractivity contribution in [2.75, 3.05) is 10.6 Å². The summed E-state index contributed by atoms with van der Waals surface area (Å²) >= 11 is 1.03. The lowest BCUT2D eigenvalue weighted by Gasteiger charge is -2.18. The van der Waals surface area contributed by atoms with E-state index in [1.165, 1.54) is 0 Å². The topological polar surface area (TPSA) is 58.2 Å². The molecular weight excluding hydrogens is 504 g/mol. The Kier molecular flexibility index (Phi) is 7.93. The largest absolute Gasteiger partial charge is 0.322 e. The highest BCUT2D eigenvalue weighted by Crippen LogP contribution is 2.38. The second-order valence-electron chi connectivity index (χ2n) is 8.09. The first-order valence-electron chi connectivity index (χ1n) is 11.1. The van der Waals surface area contributed by atoms with Gasteiger partial charge in [0.25, 0.3) is 5.91 Å². The Morgan fingerprint density at radius 3 is 2.05 bits per heavy atom. The number of thioether (sulfide) groups is 1. The molecule has 188 valence electrons. The van der Waals surface area contributed by atoms with E-state index in [0.29, 0.717) is 21.7 Å². The van der Waals surface area contributed by atoms with Gasteiger partial charge in [-0.15, -0.1) is 11.8 Å². The number of aryl methyl sites for hydroxylation is 1. The Labute approximate surface area is 214 Å². The van der Waals surface area contributed by atoms with Gasteiger partial charge in [0.2, 0.25) is 5.91 Å². The molecule has 0 aliphatic carbocycles. The zero-order chi connectivity index (χ0) is 26.5. The van der Waals surface area contributed by atoms with Gasteiger partial charge < -0.3 is 10.6 Å². The van der Waals surface area contributed by atoms with E-state index in [9.17, 15) is 27.2 Å². The average Bonchev–Trinajstić information content (AvgIpc) is 2.89. The molecule has 9 heteroatoms. The molecule has 0 radical (unpaired) electrons. The van der Waals surface area contributed by atoms with Crippen molar-refractivity contribution in [3.8, 4) is 0 Å². The van der Waals surface area contributed by atoms with Crippen molar-refractivity contribution in [2.24, 2.45) is 0 Å². The van der Waals surface area contributed by atoms with Crippen molar-refractivity contribution in [3.05, 3.63) is 125 Å². The predicted octanol–water partition coefficient (Wildman–Crippen LogP) is 7.28.